The number of rotatable bonds is 4. The van der Waals surface area contributed by atoms with Crippen LogP contribution in [-0.2, 0) is 13.8 Å². The van der Waals surface area contributed by atoms with Crippen molar-refractivity contribution in [2.24, 2.45) is 5.73 Å². The third-order valence-corrected chi connectivity index (χ3v) is 3.98. The summed E-state index contributed by atoms with van der Waals surface area (Å²) < 4.78 is 22.1. The standard InChI is InChI=1S/C10H15N6O6P/c11-5-4(1-21-23(18,19)20)22-10(7(5)17)16-3-15-6-8(12)13-2-14-9(6)16/h2-5,7,10,17H,1,11H2,(H2,12,13,14)(H2,18,19,20). The van der Waals surface area contributed by atoms with E-state index < -0.39 is 38.9 Å². The highest BCUT2D eigenvalue weighted by Gasteiger charge is 2.44. The first-order chi connectivity index (χ1) is 10.8. The molecule has 12 nitrogen and oxygen atoms in total. The van der Waals surface area contributed by atoms with Crippen molar-refractivity contribution in [3.63, 3.8) is 0 Å². The monoisotopic (exact) mass is 346 g/mol. The van der Waals surface area contributed by atoms with Crippen molar-refractivity contribution in [1.82, 2.24) is 19.5 Å². The van der Waals surface area contributed by atoms with Gasteiger partial charge >= 0.3 is 7.82 Å². The highest BCUT2D eigenvalue weighted by atomic mass is 31.2. The maximum Gasteiger partial charge on any atom is 0.469 e. The third kappa shape index (κ3) is 3.05. The first-order valence-electron chi connectivity index (χ1n) is 6.50. The highest BCUT2D eigenvalue weighted by molar-refractivity contribution is 7.46. The number of aliphatic hydroxyl groups excluding tert-OH is 1. The van der Waals surface area contributed by atoms with Gasteiger partial charge in [-0.3, -0.25) is 9.09 Å². The van der Waals surface area contributed by atoms with Crippen LogP contribution in [0.4, 0.5) is 5.82 Å². The lowest BCUT2D eigenvalue weighted by Crippen LogP contribution is -2.41. The van der Waals surface area contributed by atoms with Crippen LogP contribution in [0.2, 0.25) is 0 Å². The number of nitrogen functional groups attached to an aromatic ring is 1. The molecule has 23 heavy (non-hydrogen) atoms. The van der Waals surface area contributed by atoms with Gasteiger partial charge in [0, 0.05) is 0 Å². The molecule has 1 aliphatic heterocycles. The van der Waals surface area contributed by atoms with E-state index in [1.807, 2.05) is 0 Å². The van der Waals surface area contributed by atoms with Gasteiger partial charge in [0.2, 0.25) is 0 Å². The summed E-state index contributed by atoms with van der Waals surface area (Å²) in [4.78, 5) is 29.4. The lowest BCUT2D eigenvalue weighted by atomic mass is 10.1. The second-order valence-electron chi connectivity index (χ2n) is 5.00. The van der Waals surface area contributed by atoms with Gasteiger partial charge in [-0.05, 0) is 0 Å². The van der Waals surface area contributed by atoms with Gasteiger partial charge in [-0.2, -0.15) is 0 Å². The molecular formula is C10H15N6O6P. The Morgan fingerprint density at radius 1 is 1.39 bits per heavy atom. The molecule has 0 radical (unpaired) electrons. The largest absolute Gasteiger partial charge is 0.469 e. The zero-order valence-corrected chi connectivity index (χ0v) is 12.5. The Kier molecular flexibility index (Phi) is 4.06. The molecule has 0 amide bonds. The van der Waals surface area contributed by atoms with Crippen molar-refractivity contribution >= 4 is 24.8 Å². The van der Waals surface area contributed by atoms with Crippen LogP contribution in [0.3, 0.4) is 0 Å². The van der Waals surface area contributed by atoms with Gasteiger partial charge in [-0.25, -0.2) is 19.5 Å². The molecule has 1 aliphatic rings. The number of hydrogen-bond acceptors (Lipinski definition) is 9. The Bertz CT molecular complexity index is 763. The van der Waals surface area contributed by atoms with E-state index in [9.17, 15) is 9.67 Å². The Labute approximate surface area is 129 Å². The smallest absolute Gasteiger partial charge is 0.387 e. The average Bonchev–Trinajstić information content (AvgIpc) is 3.01. The van der Waals surface area contributed by atoms with Gasteiger partial charge in [-0.1, -0.05) is 0 Å². The van der Waals surface area contributed by atoms with E-state index in [0.717, 1.165) is 0 Å². The topological polar surface area (TPSA) is 192 Å². The Hall–Kier alpha value is -1.66. The predicted molar refractivity (Wildman–Crippen MR) is 75.6 cm³/mol. The molecule has 0 aliphatic carbocycles. The van der Waals surface area contributed by atoms with Crippen LogP contribution in [0.5, 0.6) is 0 Å². The molecule has 3 heterocycles. The zero-order valence-electron chi connectivity index (χ0n) is 11.6. The molecule has 1 fully saturated rings. The van der Waals surface area contributed by atoms with Crippen molar-refractivity contribution in [2.75, 3.05) is 12.3 Å². The van der Waals surface area contributed by atoms with Gasteiger partial charge in [0.25, 0.3) is 0 Å². The zero-order chi connectivity index (χ0) is 16.8. The summed E-state index contributed by atoms with van der Waals surface area (Å²) in [5.74, 6) is 0.173. The first kappa shape index (κ1) is 16.2. The molecule has 2 aromatic heterocycles. The van der Waals surface area contributed by atoms with Gasteiger partial charge < -0.3 is 31.1 Å². The van der Waals surface area contributed by atoms with Crippen molar-refractivity contribution in [2.45, 2.75) is 24.5 Å². The summed E-state index contributed by atoms with van der Waals surface area (Å²) >= 11 is 0. The number of nitrogens with two attached hydrogens (primary N) is 2. The Morgan fingerprint density at radius 3 is 2.83 bits per heavy atom. The van der Waals surface area contributed by atoms with E-state index in [-0.39, 0.29) is 5.82 Å². The molecular weight excluding hydrogens is 331 g/mol. The van der Waals surface area contributed by atoms with Crippen LogP contribution < -0.4 is 11.5 Å². The maximum absolute atomic E-state index is 10.8. The predicted octanol–water partition coefficient (Wildman–Crippen LogP) is -1.90. The van der Waals surface area contributed by atoms with Crippen LogP contribution in [0.15, 0.2) is 12.7 Å². The van der Waals surface area contributed by atoms with Crippen LogP contribution in [0.1, 0.15) is 6.23 Å². The molecule has 4 atom stereocenters. The van der Waals surface area contributed by atoms with E-state index in [2.05, 4.69) is 19.5 Å². The van der Waals surface area contributed by atoms with E-state index in [1.54, 1.807) is 0 Å². The van der Waals surface area contributed by atoms with Crippen LogP contribution in [0.25, 0.3) is 11.2 Å². The summed E-state index contributed by atoms with van der Waals surface area (Å²) in [6, 6.07) is -0.914. The summed E-state index contributed by atoms with van der Waals surface area (Å²) in [6.07, 6.45) is -0.420. The lowest BCUT2D eigenvalue weighted by Gasteiger charge is -2.16. The SMILES string of the molecule is Nc1ncnc2c1ncn2C1OC(COP(=O)(O)O)C(N)C1O. The van der Waals surface area contributed by atoms with Crippen molar-refractivity contribution in [3.05, 3.63) is 12.7 Å². The van der Waals surface area contributed by atoms with Crippen molar-refractivity contribution < 1.29 is 28.7 Å². The number of hydrogen-bond donors (Lipinski definition) is 5. The summed E-state index contributed by atoms with van der Waals surface area (Å²) in [7, 11) is -4.66. The van der Waals surface area contributed by atoms with E-state index in [4.69, 9.17) is 26.0 Å². The number of imidazole rings is 1. The van der Waals surface area contributed by atoms with Gasteiger partial charge in [0.1, 0.15) is 24.1 Å². The molecule has 7 N–H and O–H groups in total. The average molecular weight is 346 g/mol. The molecule has 13 heteroatoms. The van der Waals surface area contributed by atoms with E-state index in [0.29, 0.717) is 11.2 Å². The summed E-state index contributed by atoms with van der Waals surface area (Å²) in [5, 5.41) is 10.2. The minimum Gasteiger partial charge on any atom is -0.387 e. The molecule has 3 rings (SSSR count). The number of nitrogens with zero attached hydrogens (tertiary/aromatic N) is 4. The molecule has 0 spiro atoms. The summed E-state index contributed by atoms with van der Waals surface area (Å²) in [6.45, 7) is -0.469. The molecule has 0 saturated carbocycles. The minimum absolute atomic E-state index is 0.173. The maximum atomic E-state index is 10.8. The molecule has 0 bridgehead atoms. The number of anilines is 1. The minimum atomic E-state index is -4.66. The third-order valence-electron chi connectivity index (χ3n) is 3.50. The fourth-order valence-corrected chi connectivity index (χ4v) is 2.71. The normalized spacial score (nSPS) is 28.5. The summed E-state index contributed by atoms with van der Waals surface area (Å²) in [5.41, 5.74) is 12.2. The number of phosphoric ester groups is 1. The van der Waals surface area contributed by atoms with Crippen LogP contribution in [0, 0.1) is 0 Å². The van der Waals surface area contributed by atoms with Crippen LogP contribution in [-0.4, -0.2) is 59.3 Å². The second kappa shape index (κ2) is 5.76. The first-order valence-corrected chi connectivity index (χ1v) is 8.03. The Morgan fingerprint density at radius 2 is 2.13 bits per heavy atom. The lowest BCUT2D eigenvalue weighted by molar-refractivity contribution is -0.0483. The molecule has 126 valence electrons. The second-order valence-corrected chi connectivity index (χ2v) is 6.24. The molecule has 0 aromatic carbocycles. The number of ether oxygens (including phenoxy) is 1. The quantitative estimate of drug-likeness (QED) is 0.388. The number of aliphatic hydroxyl groups is 1. The fraction of sp³-hybridized carbons (Fsp3) is 0.500. The van der Waals surface area contributed by atoms with Crippen LogP contribution >= 0.6 is 7.82 Å². The number of aromatic nitrogens is 4. The number of fused-ring (bicyclic) bond motifs is 1. The Balaban J connectivity index is 1.85. The van der Waals surface area contributed by atoms with Gasteiger partial charge in [0.15, 0.2) is 17.7 Å². The molecule has 2 aromatic rings. The number of phosphoric acid groups is 1. The molecule has 1 saturated heterocycles. The van der Waals surface area contributed by atoms with Gasteiger partial charge in [-0.15, -0.1) is 0 Å². The highest BCUT2D eigenvalue weighted by Crippen LogP contribution is 2.38. The van der Waals surface area contributed by atoms with Crippen molar-refractivity contribution in [3.8, 4) is 0 Å². The van der Waals surface area contributed by atoms with Crippen molar-refractivity contribution in [1.29, 1.82) is 0 Å². The molecule has 4 unspecified atom stereocenters. The van der Waals surface area contributed by atoms with E-state index in [1.165, 1.54) is 17.2 Å². The van der Waals surface area contributed by atoms with E-state index >= 15 is 0 Å². The van der Waals surface area contributed by atoms with Gasteiger partial charge in [0.05, 0.1) is 19.0 Å². The fourth-order valence-electron chi connectivity index (χ4n) is 2.37.